The van der Waals surface area contributed by atoms with Crippen molar-refractivity contribution < 1.29 is 5.11 Å². The van der Waals surface area contributed by atoms with Crippen molar-refractivity contribution >= 4 is 10.9 Å². The third kappa shape index (κ3) is 1.46. The lowest BCUT2D eigenvalue weighted by molar-refractivity contribution is 0.476. The lowest BCUT2D eigenvalue weighted by atomic mass is 10.0. The van der Waals surface area contributed by atoms with Gasteiger partial charge in [-0.2, -0.15) is 0 Å². The molecular formula is C13H15NO. The Morgan fingerprint density at radius 1 is 0.933 bits per heavy atom. The van der Waals surface area contributed by atoms with Crippen LogP contribution in [0.25, 0.3) is 10.9 Å². The molecule has 2 heteroatoms. The molecule has 2 nitrogen and oxygen atoms in total. The molecule has 1 aromatic carbocycles. The van der Waals surface area contributed by atoms with Crippen LogP contribution in [-0.2, 0) is 0 Å². The van der Waals surface area contributed by atoms with Gasteiger partial charge in [-0.25, -0.2) is 4.98 Å². The van der Waals surface area contributed by atoms with Gasteiger partial charge >= 0.3 is 0 Å². The van der Waals surface area contributed by atoms with Crippen LogP contribution in [0.3, 0.4) is 0 Å². The van der Waals surface area contributed by atoms with E-state index in [-0.39, 0.29) is 0 Å². The van der Waals surface area contributed by atoms with Crippen molar-refractivity contribution in [1.82, 2.24) is 4.98 Å². The van der Waals surface area contributed by atoms with Gasteiger partial charge in [0, 0.05) is 11.1 Å². The van der Waals surface area contributed by atoms with Gasteiger partial charge in [-0.1, -0.05) is 6.07 Å². The van der Waals surface area contributed by atoms with Crippen molar-refractivity contribution in [2.45, 2.75) is 27.7 Å². The Hall–Kier alpha value is -1.57. The van der Waals surface area contributed by atoms with Gasteiger partial charge in [-0.15, -0.1) is 0 Å². The molecule has 0 fully saturated rings. The molecule has 1 aromatic heterocycles. The molecule has 2 rings (SSSR count). The number of rotatable bonds is 0. The Kier molecular flexibility index (Phi) is 2.14. The summed E-state index contributed by atoms with van der Waals surface area (Å²) in [7, 11) is 0. The summed E-state index contributed by atoms with van der Waals surface area (Å²) in [6.45, 7) is 7.96. The van der Waals surface area contributed by atoms with Crippen molar-refractivity contribution in [2.24, 2.45) is 0 Å². The van der Waals surface area contributed by atoms with Crippen LogP contribution in [0.4, 0.5) is 0 Å². The number of aryl methyl sites for hydroxylation is 4. The quantitative estimate of drug-likeness (QED) is 0.710. The minimum atomic E-state index is 0.308. The van der Waals surface area contributed by atoms with E-state index < -0.39 is 0 Å². The molecule has 0 atom stereocenters. The fourth-order valence-corrected chi connectivity index (χ4v) is 2.16. The van der Waals surface area contributed by atoms with E-state index in [1.807, 2.05) is 26.0 Å². The predicted octanol–water partition coefficient (Wildman–Crippen LogP) is 3.17. The van der Waals surface area contributed by atoms with E-state index in [0.717, 1.165) is 22.2 Å². The zero-order chi connectivity index (χ0) is 11.2. The van der Waals surface area contributed by atoms with E-state index in [9.17, 15) is 5.11 Å². The Labute approximate surface area is 89.6 Å². The van der Waals surface area contributed by atoms with Gasteiger partial charge in [0.15, 0.2) is 0 Å². The molecule has 0 bridgehead atoms. The zero-order valence-electron chi connectivity index (χ0n) is 9.55. The van der Waals surface area contributed by atoms with Crippen LogP contribution < -0.4 is 0 Å². The summed E-state index contributed by atoms with van der Waals surface area (Å²) >= 11 is 0. The third-order valence-corrected chi connectivity index (χ3v) is 2.77. The van der Waals surface area contributed by atoms with Crippen molar-refractivity contribution in [3.05, 3.63) is 34.5 Å². The molecule has 78 valence electrons. The second kappa shape index (κ2) is 3.23. The number of hydrogen-bond donors (Lipinski definition) is 1. The van der Waals surface area contributed by atoms with E-state index in [0.29, 0.717) is 5.75 Å². The van der Waals surface area contributed by atoms with Crippen LogP contribution in [0, 0.1) is 27.7 Å². The Morgan fingerprint density at radius 3 is 2.20 bits per heavy atom. The van der Waals surface area contributed by atoms with Crippen LogP contribution in [0.5, 0.6) is 5.75 Å². The van der Waals surface area contributed by atoms with Crippen LogP contribution in [0.15, 0.2) is 12.1 Å². The summed E-state index contributed by atoms with van der Waals surface area (Å²) in [6, 6.07) is 4.05. The summed E-state index contributed by atoms with van der Waals surface area (Å²) in [6.07, 6.45) is 0. The van der Waals surface area contributed by atoms with Crippen molar-refractivity contribution in [3.8, 4) is 5.75 Å². The monoisotopic (exact) mass is 201 g/mol. The van der Waals surface area contributed by atoms with E-state index in [4.69, 9.17) is 0 Å². The lowest BCUT2D eigenvalue weighted by Crippen LogP contribution is -1.92. The summed E-state index contributed by atoms with van der Waals surface area (Å²) in [5.74, 6) is 0.308. The van der Waals surface area contributed by atoms with Crippen LogP contribution in [-0.4, -0.2) is 10.1 Å². The highest BCUT2D eigenvalue weighted by Gasteiger charge is 2.10. The smallest absolute Gasteiger partial charge is 0.144 e. The summed E-state index contributed by atoms with van der Waals surface area (Å²) < 4.78 is 0. The van der Waals surface area contributed by atoms with Crippen molar-refractivity contribution in [3.63, 3.8) is 0 Å². The highest BCUT2D eigenvalue weighted by molar-refractivity contribution is 5.91. The zero-order valence-corrected chi connectivity index (χ0v) is 9.55. The number of fused-ring (bicyclic) bond motifs is 1. The van der Waals surface area contributed by atoms with Gasteiger partial charge in [0.2, 0.25) is 0 Å². The first kappa shape index (κ1) is 9.97. The second-order valence-electron chi connectivity index (χ2n) is 4.16. The van der Waals surface area contributed by atoms with E-state index in [1.165, 1.54) is 11.1 Å². The molecule has 0 amide bonds. The van der Waals surface area contributed by atoms with Gasteiger partial charge < -0.3 is 5.11 Å². The van der Waals surface area contributed by atoms with Gasteiger partial charge in [0.1, 0.15) is 11.3 Å². The minimum absolute atomic E-state index is 0.308. The normalized spacial score (nSPS) is 10.9. The SMILES string of the molecule is Cc1cc(C)c2c(C)cc(C)c(O)c2n1. The molecule has 0 saturated heterocycles. The molecule has 0 spiro atoms. The van der Waals surface area contributed by atoms with Gasteiger partial charge in [-0.3, -0.25) is 0 Å². The van der Waals surface area contributed by atoms with Gasteiger partial charge in [-0.05, 0) is 50.5 Å². The number of phenols is 1. The number of aromatic nitrogens is 1. The minimum Gasteiger partial charge on any atom is -0.505 e. The summed E-state index contributed by atoms with van der Waals surface area (Å²) in [5, 5.41) is 11.0. The standard InChI is InChI=1S/C13H15NO/c1-7-5-9(3)13(15)12-11(7)8(2)6-10(4)14-12/h5-6,15H,1-4H3. The third-order valence-electron chi connectivity index (χ3n) is 2.77. The number of nitrogens with zero attached hydrogens (tertiary/aromatic N) is 1. The molecule has 0 unspecified atom stereocenters. The van der Waals surface area contributed by atoms with Crippen molar-refractivity contribution in [1.29, 1.82) is 0 Å². The Bertz CT molecular complexity index is 536. The average molecular weight is 201 g/mol. The summed E-state index contributed by atoms with van der Waals surface area (Å²) in [5.41, 5.74) is 4.90. The van der Waals surface area contributed by atoms with E-state index in [1.54, 1.807) is 0 Å². The molecule has 2 aromatic rings. The molecule has 1 N–H and O–H groups in total. The fraction of sp³-hybridized carbons (Fsp3) is 0.308. The number of aromatic hydroxyl groups is 1. The van der Waals surface area contributed by atoms with Gasteiger partial charge in [0.25, 0.3) is 0 Å². The fourth-order valence-electron chi connectivity index (χ4n) is 2.16. The van der Waals surface area contributed by atoms with E-state index in [2.05, 4.69) is 18.8 Å². The largest absolute Gasteiger partial charge is 0.505 e. The maximum Gasteiger partial charge on any atom is 0.144 e. The first-order valence-electron chi connectivity index (χ1n) is 5.08. The molecule has 0 aliphatic heterocycles. The molecule has 0 aliphatic rings. The first-order valence-corrected chi connectivity index (χ1v) is 5.08. The number of phenolic OH excluding ortho intramolecular Hbond substituents is 1. The van der Waals surface area contributed by atoms with Crippen LogP contribution in [0.2, 0.25) is 0 Å². The molecular weight excluding hydrogens is 186 g/mol. The molecule has 15 heavy (non-hydrogen) atoms. The number of hydrogen-bond acceptors (Lipinski definition) is 2. The number of pyridine rings is 1. The molecule has 1 heterocycles. The number of benzene rings is 1. The van der Waals surface area contributed by atoms with Crippen LogP contribution >= 0.6 is 0 Å². The second-order valence-corrected chi connectivity index (χ2v) is 4.16. The maximum atomic E-state index is 9.97. The molecule has 0 saturated carbocycles. The predicted molar refractivity (Wildman–Crippen MR) is 62.4 cm³/mol. The lowest BCUT2D eigenvalue weighted by Gasteiger charge is -2.10. The Morgan fingerprint density at radius 2 is 1.53 bits per heavy atom. The maximum absolute atomic E-state index is 9.97. The topological polar surface area (TPSA) is 33.1 Å². The van der Waals surface area contributed by atoms with Gasteiger partial charge in [0.05, 0.1) is 0 Å². The summed E-state index contributed by atoms with van der Waals surface area (Å²) in [4.78, 5) is 4.41. The highest BCUT2D eigenvalue weighted by atomic mass is 16.3. The molecule has 0 aliphatic carbocycles. The average Bonchev–Trinajstić information content (AvgIpc) is 2.12. The Balaban J connectivity index is 3.02. The van der Waals surface area contributed by atoms with Crippen molar-refractivity contribution in [2.75, 3.05) is 0 Å². The highest BCUT2D eigenvalue weighted by Crippen LogP contribution is 2.31. The first-order chi connectivity index (χ1) is 7.00. The molecule has 0 radical (unpaired) electrons. The van der Waals surface area contributed by atoms with Crippen LogP contribution in [0.1, 0.15) is 22.4 Å². The van der Waals surface area contributed by atoms with E-state index >= 15 is 0 Å².